The number of nitrogens with two attached hydrogens (primary N) is 1. The van der Waals surface area contributed by atoms with Crippen LogP contribution in [0.2, 0.25) is 0 Å². The number of aromatic amines is 2. The van der Waals surface area contributed by atoms with Gasteiger partial charge in [-0.25, -0.2) is 14.0 Å². The number of rotatable bonds is 12. The molecule has 39 heavy (non-hydrogen) atoms. The lowest BCUT2D eigenvalue weighted by atomic mass is 10.0. The van der Waals surface area contributed by atoms with Gasteiger partial charge >= 0.3 is 11.7 Å². The van der Waals surface area contributed by atoms with E-state index in [1.807, 2.05) is 0 Å². The number of amidine groups is 1. The van der Waals surface area contributed by atoms with E-state index < -0.39 is 23.5 Å². The van der Waals surface area contributed by atoms with Gasteiger partial charge in [0.25, 0.3) is 0 Å². The van der Waals surface area contributed by atoms with E-state index in [-0.39, 0.29) is 59.7 Å². The maximum atomic E-state index is 15.8. The van der Waals surface area contributed by atoms with Crippen molar-refractivity contribution in [2.45, 2.75) is 12.5 Å². The number of hydrogen-bond acceptors (Lipinski definition) is 9. The normalized spacial score (nSPS) is 11.7. The summed E-state index contributed by atoms with van der Waals surface area (Å²) in [7, 11) is 1.39. The molecule has 4 aromatic rings. The standard InChI is InChI=1S/C24H25FN8O6/c1-38-14-9-15(18(25)17(10-14)39-8-2-7-34)19(29-13-5-3-12(4-6-13)20(26)27)21-30-24(37)33(32-21)22-16(23(35)36)11-28-31-22/h3-6,9-11,19,29,34H,2,7-8H2,1H3,(H3,26,27)(H,28,31)(H,35,36)(H,30,32,37)/t19-/m0/s1. The minimum atomic E-state index is -1.33. The first-order chi connectivity index (χ1) is 18.7. The quantitative estimate of drug-likeness (QED) is 0.0777. The first-order valence-corrected chi connectivity index (χ1v) is 11.5. The lowest BCUT2D eigenvalue weighted by Gasteiger charge is -2.21. The molecule has 0 spiro atoms. The number of aliphatic hydroxyl groups excluding tert-OH is 1. The average Bonchev–Trinajstić information content (AvgIpc) is 3.55. The Labute approximate surface area is 219 Å². The molecule has 8 N–H and O–H groups in total. The molecule has 0 bridgehead atoms. The third-order valence-electron chi connectivity index (χ3n) is 5.62. The number of anilines is 1. The highest BCUT2D eigenvalue weighted by Crippen LogP contribution is 2.35. The van der Waals surface area contributed by atoms with E-state index in [1.54, 1.807) is 24.3 Å². The second-order valence-corrected chi connectivity index (χ2v) is 8.19. The number of hydrogen-bond donors (Lipinski definition) is 7. The maximum Gasteiger partial charge on any atom is 0.349 e. The van der Waals surface area contributed by atoms with Crippen LogP contribution in [0, 0.1) is 11.2 Å². The number of nitrogens with one attached hydrogen (secondary N) is 4. The van der Waals surface area contributed by atoms with Crippen molar-refractivity contribution in [2.75, 3.05) is 25.6 Å². The van der Waals surface area contributed by atoms with Crippen LogP contribution in [-0.2, 0) is 0 Å². The molecule has 2 aromatic carbocycles. The molecular weight excluding hydrogens is 515 g/mol. The van der Waals surface area contributed by atoms with E-state index in [9.17, 15) is 14.7 Å². The van der Waals surface area contributed by atoms with Gasteiger partial charge in [0.2, 0.25) is 0 Å². The molecule has 0 aliphatic carbocycles. The zero-order valence-electron chi connectivity index (χ0n) is 20.6. The van der Waals surface area contributed by atoms with Crippen LogP contribution in [0.1, 0.15) is 39.8 Å². The number of benzene rings is 2. The predicted molar refractivity (Wildman–Crippen MR) is 136 cm³/mol. The third-order valence-corrected chi connectivity index (χ3v) is 5.62. The summed E-state index contributed by atoms with van der Waals surface area (Å²) in [6, 6.07) is 7.97. The molecule has 14 nitrogen and oxygen atoms in total. The lowest BCUT2D eigenvalue weighted by molar-refractivity contribution is 0.0696. The van der Waals surface area contributed by atoms with E-state index in [1.165, 1.54) is 19.2 Å². The Morgan fingerprint density at radius 2 is 2.05 bits per heavy atom. The Kier molecular flexibility index (Phi) is 7.90. The highest BCUT2D eigenvalue weighted by atomic mass is 19.1. The van der Waals surface area contributed by atoms with E-state index in [0.717, 1.165) is 10.9 Å². The van der Waals surface area contributed by atoms with Crippen molar-refractivity contribution in [2.24, 2.45) is 5.73 Å². The SMILES string of the molecule is COc1cc(OCCCO)c(F)c([C@H](Nc2ccc(C(=N)N)cc2)c2nn(-c3[nH]ncc3C(=O)O)c(=O)[nH]2)c1. The topological polar surface area (TPSA) is 217 Å². The molecule has 0 amide bonds. The number of methoxy groups -OCH3 is 1. The molecule has 0 fully saturated rings. The smallest absolute Gasteiger partial charge is 0.349 e. The van der Waals surface area contributed by atoms with Gasteiger partial charge in [-0.2, -0.15) is 9.78 Å². The zero-order chi connectivity index (χ0) is 28.1. The molecule has 0 saturated heterocycles. The van der Waals surface area contributed by atoms with Crippen LogP contribution in [0.4, 0.5) is 10.1 Å². The van der Waals surface area contributed by atoms with Crippen LogP contribution in [0.3, 0.4) is 0 Å². The van der Waals surface area contributed by atoms with E-state index >= 15 is 4.39 Å². The van der Waals surface area contributed by atoms with Gasteiger partial charge in [-0.3, -0.25) is 15.5 Å². The summed E-state index contributed by atoms with van der Waals surface area (Å²) < 4.78 is 27.4. The Bertz CT molecular complexity index is 1540. The molecule has 4 rings (SSSR count). The maximum absolute atomic E-state index is 15.8. The van der Waals surface area contributed by atoms with Gasteiger partial charge < -0.3 is 30.7 Å². The minimum absolute atomic E-state index is 0.0204. The fourth-order valence-electron chi connectivity index (χ4n) is 3.70. The van der Waals surface area contributed by atoms with Crippen LogP contribution in [0.5, 0.6) is 11.5 Å². The van der Waals surface area contributed by atoms with Crippen molar-refractivity contribution < 1.29 is 28.9 Å². The van der Waals surface area contributed by atoms with E-state index in [0.29, 0.717) is 11.3 Å². The van der Waals surface area contributed by atoms with Crippen molar-refractivity contribution in [1.29, 1.82) is 5.41 Å². The summed E-state index contributed by atoms with van der Waals surface area (Å²) in [5.74, 6) is -2.44. The summed E-state index contributed by atoms with van der Waals surface area (Å²) in [4.78, 5) is 26.9. The molecule has 2 aromatic heterocycles. The number of ether oxygens (including phenoxy) is 2. The summed E-state index contributed by atoms with van der Waals surface area (Å²) >= 11 is 0. The molecule has 0 aliphatic heterocycles. The number of carboxylic acids is 1. The molecule has 0 radical (unpaired) electrons. The number of H-pyrrole nitrogens is 2. The number of carboxylic acid groups (broad SMARTS) is 1. The van der Waals surface area contributed by atoms with Crippen LogP contribution in [0.15, 0.2) is 47.4 Å². The van der Waals surface area contributed by atoms with Crippen molar-refractivity contribution in [1.82, 2.24) is 25.0 Å². The molecule has 0 unspecified atom stereocenters. The van der Waals surface area contributed by atoms with Crippen molar-refractivity contribution in [3.8, 4) is 17.3 Å². The lowest BCUT2D eigenvalue weighted by Crippen LogP contribution is -2.18. The molecule has 204 valence electrons. The van der Waals surface area contributed by atoms with Crippen LogP contribution in [-0.4, -0.2) is 67.3 Å². The molecule has 15 heteroatoms. The third kappa shape index (κ3) is 5.72. The number of nitrogens with zero attached hydrogens (tertiary/aromatic N) is 3. The highest BCUT2D eigenvalue weighted by molar-refractivity contribution is 5.95. The summed E-state index contributed by atoms with van der Waals surface area (Å²) in [5, 5.41) is 39.5. The fraction of sp³-hybridized carbons (Fsp3) is 0.208. The Morgan fingerprint density at radius 1 is 1.31 bits per heavy atom. The summed E-state index contributed by atoms with van der Waals surface area (Å²) in [6.45, 7) is -0.114. The number of aromatic nitrogens is 5. The summed E-state index contributed by atoms with van der Waals surface area (Å²) in [5.41, 5.74) is 5.32. The molecular formula is C24H25FN8O6. The van der Waals surface area contributed by atoms with E-state index in [4.69, 9.17) is 25.7 Å². The average molecular weight is 541 g/mol. The van der Waals surface area contributed by atoms with Gasteiger partial charge in [-0.15, -0.1) is 5.10 Å². The van der Waals surface area contributed by atoms with Crippen LogP contribution < -0.4 is 26.2 Å². The second-order valence-electron chi connectivity index (χ2n) is 8.19. The van der Waals surface area contributed by atoms with Gasteiger partial charge in [0, 0.05) is 35.9 Å². The molecule has 0 saturated carbocycles. The Hall–Kier alpha value is -5.18. The van der Waals surface area contributed by atoms with Gasteiger partial charge in [0.05, 0.1) is 19.9 Å². The van der Waals surface area contributed by atoms with Crippen molar-refractivity contribution in [3.63, 3.8) is 0 Å². The minimum Gasteiger partial charge on any atom is -0.497 e. The van der Waals surface area contributed by atoms with Gasteiger partial charge in [-0.05, 0) is 30.3 Å². The molecule has 0 aliphatic rings. The number of carbonyl (C=O) groups is 1. The molecule has 2 heterocycles. The van der Waals surface area contributed by atoms with Gasteiger partial charge in [0.1, 0.15) is 23.2 Å². The summed E-state index contributed by atoms with van der Waals surface area (Å²) in [6.07, 6.45) is 1.30. The van der Waals surface area contributed by atoms with E-state index in [2.05, 4.69) is 25.6 Å². The Morgan fingerprint density at radius 3 is 2.69 bits per heavy atom. The number of aromatic carboxylic acids is 1. The van der Waals surface area contributed by atoms with Crippen LogP contribution >= 0.6 is 0 Å². The number of halogens is 1. The monoisotopic (exact) mass is 540 g/mol. The van der Waals surface area contributed by atoms with Crippen molar-refractivity contribution in [3.05, 3.63) is 81.4 Å². The van der Waals surface area contributed by atoms with Gasteiger partial charge in [0.15, 0.2) is 23.2 Å². The first kappa shape index (κ1) is 26.9. The highest BCUT2D eigenvalue weighted by Gasteiger charge is 2.28. The number of aliphatic hydroxyl groups is 1. The second kappa shape index (κ2) is 11.5. The van der Waals surface area contributed by atoms with Crippen LogP contribution in [0.25, 0.3) is 5.82 Å². The number of nitrogen functional groups attached to an aromatic ring is 1. The molecule has 1 atom stereocenters. The Balaban J connectivity index is 1.84. The van der Waals surface area contributed by atoms with Crippen molar-refractivity contribution >= 4 is 17.5 Å². The predicted octanol–water partition coefficient (Wildman–Crippen LogP) is 1.38. The first-order valence-electron chi connectivity index (χ1n) is 11.5. The fourth-order valence-corrected chi connectivity index (χ4v) is 3.70. The van der Waals surface area contributed by atoms with Gasteiger partial charge in [-0.1, -0.05) is 0 Å². The largest absolute Gasteiger partial charge is 0.497 e. The zero-order valence-corrected chi connectivity index (χ0v) is 20.6.